The SMILES string of the molecule is O=C(Cc1cccc(Br)c1)c1ccc(F)c(C(F)(F)F)c1. The largest absolute Gasteiger partial charge is 0.419 e. The lowest BCUT2D eigenvalue weighted by molar-refractivity contribution is -0.140. The van der Waals surface area contributed by atoms with Gasteiger partial charge in [-0.05, 0) is 35.9 Å². The predicted octanol–water partition coefficient (Wildman–Crippen LogP) is 5.03. The zero-order chi connectivity index (χ0) is 15.6. The molecule has 2 aromatic rings. The van der Waals surface area contributed by atoms with Gasteiger partial charge in [0.05, 0.1) is 5.56 Å². The average Bonchev–Trinajstić information content (AvgIpc) is 2.37. The van der Waals surface area contributed by atoms with Crippen molar-refractivity contribution in [2.45, 2.75) is 12.6 Å². The monoisotopic (exact) mass is 360 g/mol. The van der Waals surface area contributed by atoms with Gasteiger partial charge in [0.1, 0.15) is 5.82 Å². The van der Waals surface area contributed by atoms with Gasteiger partial charge in [0.2, 0.25) is 0 Å². The molecule has 0 spiro atoms. The summed E-state index contributed by atoms with van der Waals surface area (Å²) in [4.78, 5) is 12.0. The van der Waals surface area contributed by atoms with Crippen molar-refractivity contribution >= 4 is 21.7 Å². The van der Waals surface area contributed by atoms with E-state index in [1.54, 1.807) is 24.3 Å². The Morgan fingerprint density at radius 3 is 2.43 bits per heavy atom. The standard InChI is InChI=1S/C15H9BrF4O/c16-11-3-1-2-9(6-11)7-14(21)10-4-5-13(17)12(8-10)15(18,19)20/h1-6,8H,7H2. The maximum Gasteiger partial charge on any atom is 0.419 e. The van der Waals surface area contributed by atoms with Crippen molar-refractivity contribution in [2.24, 2.45) is 0 Å². The Hall–Kier alpha value is -1.69. The van der Waals surface area contributed by atoms with E-state index in [0.29, 0.717) is 17.7 Å². The highest BCUT2D eigenvalue weighted by atomic mass is 79.9. The van der Waals surface area contributed by atoms with E-state index < -0.39 is 23.3 Å². The summed E-state index contributed by atoms with van der Waals surface area (Å²) >= 11 is 3.25. The van der Waals surface area contributed by atoms with Crippen molar-refractivity contribution in [2.75, 3.05) is 0 Å². The third-order valence-corrected chi connectivity index (χ3v) is 3.34. The molecular formula is C15H9BrF4O. The summed E-state index contributed by atoms with van der Waals surface area (Å²) in [5.74, 6) is -1.89. The number of Topliss-reactive ketones (excluding diaryl/α,β-unsaturated/α-hetero) is 1. The topological polar surface area (TPSA) is 17.1 Å². The average molecular weight is 361 g/mol. The minimum atomic E-state index is -4.82. The van der Waals surface area contributed by atoms with Gasteiger partial charge in [-0.3, -0.25) is 4.79 Å². The molecule has 0 saturated carbocycles. The fourth-order valence-corrected chi connectivity index (χ4v) is 2.30. The van der Waals surface area contributed by atoms with Crippen LogP contribution in [0.4, 0.5) is 17.6 Å². The van der Waals surface area contributed by atoms with Crippen LogP contribution in [0.2, 0.25) is 0 Å². The van der Waals surface area contributed by atoms with Gasteiger partial charge < -0.3 is 0 Å². The van der Waals surface area contributed by atoms with Crippen LogP contribution in [0.1, 0.15) is 21.5 Å². The number of halogens is 5. The van der Waals surface area contributed by atoms with Crippen molar-refractivity contribution in [1.29, 1.82) is 0 Å². The van der Waals surface area contributed by atoms with E-state index in [4.69, 9.17) is 0 Å². The van der Waals surface area contributed by atoms with E-state index in [-0.39, 0.29) is 12.0 Å². The molecule has 0 aliphatic rings. The van der Waals surface area contributed by atoms with E-state index in [0.717, 1.165) is 10.5 Å². The maximum atomic E-state index is 13.2. The van der Waals surface area contributed by atoms with Crippen LogP contribution in [0.5, 0.6) is 0 Å². The van der Waals surface area contributed by atoms with Gasteiger partial charge in [0, 0.05) is 16.5 Å². The second kappa shape index (κ2) is 5.97. The van der Waals surface area contributed by atoms with Crippen molar-refractivity contribution < 1.29 is 22.4 Å². The summed E-state index contributed by atoms with van der Waals surface area (Å²) in [5, 5.41) is 0. The number of ketones is 1. The first-order valence-corrected chi connectivity index (χ1v) is 6.71. The molecule has 6 heteroatoms. The molecule has 1 nitrogen and oxygen atoms in total. The predicted molar refractivity (Wildman–Crippen MR) is 73.6 cm³/mol. The molecule has 0 bridgehead atoms. The van der Waals surface area contributed by atoms with Crippen molar-refractivity contribution in [3.8, 4) is 0 Å². The lowest BCUT2D eigenvalue weighted by Gasteiger charge is -2.09. The molecule has 2 aromatic carbocycles. The number of hydrogen-bond donors (Lipinski definition) is 0. The molecule has 0 unspecified atom stereocenters. The molecular weight excluding hydrogens is 352 g/mol. The van der Waals surface area contributed by atoms with Crippen LogP contribution in [0.25, 0.3) is 0 Å². The van der Waals surface area contributed by atoms with E-state index in [9.17, 15) is 22.4 Å². The fourth-order valence-electron chi connectivity index (χ4n) is 1.85. The molecule has 0 N–H and O–H groups in total. The first-order chi connectivity index (χ1) is 9.77. The zero-order valence-electron chi connectivity index (χ0n) is 10.5. The highest BCUT2D eigenvalue weighted by Gasteiger charge is 2.34. The molecule has 0 heterocycles. The Labute approximate surface area is 126 Å². The second-order valence-electron chi connectivity index (χ2n) is 4.42. The van der Waals surface area contributed by atoms with Crippen LogP contribution >= 0.6 is 15.9 Å². The van der Waals surface area contributed by atoms with E-state index >= 15 is 0 Å². The summed E-state index contributed by atoms with van der Waals surface area (Å²) in [5.41, 5.74) is -0.932. The molecule has 21 heavy (non-hydrogen) atoms. The smallest absolute Gasteiger partial charge is 0.294 e. The maximum absolute atomic E-state index is 13.2. The third-order valence-electron chi connectivity index (χ3n) is 2.85. The Kier molecular flexibility index (Phi) is 4.46. The van der Waals surface area contributed by atoms with E-state index in [2.05, 4.69) is 15.9 Å². The summed E-state index contributed by atoms with van der Waals surface area (Å²) in [6.45, 7) is 0. The second-order valence-corrected chi connectivity index (χ2v) is 5.34. The van der Waals surface area contributed by atoms with Gasteiger partial charge in [-0.25, -0.2) is 4.39 Å². The molecule has 0 aliphatic carbocycles. The fraction of sp³-hybridized carbons (Fsp3) is 0.133. The van der Waals surface area contributed by atoms with Crippen LogP contribution in [-0.2, 0) is 12.6 Å². The number of benzene rings is 2. The molecule has 0 aromatic heterocycles. The molecule has 0 atom stereocenters. The summed E-state index contributed by atoms with van der Waals surface area (Å²) in [6, 6.07) is 9.16. The lowest BCUT2D eigenvalue weighted by Crippen LogP contribution is -2.11. The molecule has 0 amide bonds. The first kappa shape index (κ1) is 15.7. The Balaban J connectivity index is 2.28. The van der Waals surface area contributed by atoms with Crippen LogP contribution < -0.4 is 0 Å². The number of alkyl halides is 3. The molecule has 0 saturated heterocycles. The molecule has 0 radical (unpaired) electrons. The number of carbonyl (C=O) groups excluding carboxylic acids is 1. The highest BCUT2D eigenvalue weighted by molar-refractivity contribution is 9.10. The number of rotatable bonds is 3. The van der Waals surface area contributed by atoms with Crippen molar-refractivity contribution in [3.63, 3.8) is 0 Å². The zero-order valence-corrected chi connectivity index (χ0v) is 12.1. The van der Waals surface area contributed by atoms with Crippen molar-refractivity contribution in [3.05, 3.63) is 69.4 Å². The summed E-state index contributed by atoms with van der Waals surface area (Å²) in [7, 11) is 0. The van der Waals surface area contributed by atoms with E-state index in [1.165, 1.54) is 0 Å². The van der Waals surface area contributed by atoms with Gasteiger partial charge in [-0.1, -0.05) is 28.1 Å². The van der Waals surface area contributed by atoms with Gasteiger partial charge in [0.25, 0.3) is 0 Å². The minimum Gasteiger partial charge on any atom is -0.294 e. The summed E-state index contributed by atoms with van der Waals surface area (Å²) < 4.78 is 51.8. The van der Waals surface area contributed by atoms with Gasteiger partial charge in [-0.15, -0.1) is 0 Å². The highest BCUT2D eigenvalue weighted by Crippen LogP contribution is 2.32. The van der Waals surface area contributed by atoms with Crippen LogP contribution in [0, 0.1) is 5.82 Å². The van der Waals surface area contributed by atoms with Crippen LogP contribution in [0.15, 0.2) is 46.9 Å². The third kappa shape index (κ3) is 3.91. The lowest BCUT2D eigenvalue weighted by atomic mass is 10.0. The van der Waals surface area contributed by atoms with Gasteiger partial charge in [0.15, 0.2) is 5.78 Å². The number of hydrogen-bond acceptors (Lipinski definition) is 1. The Morgan fingerprint density at radius 2 is 1.81 bits per heavy atom. The van der Waals surface area contributed by atoms with Crippen LogP contribution in [0.3, 0.4) is 0 Å². The van der Waals surface area contributed by atoms with Crippen LogP contribution in [-0.4, -0.2) is 5.78 Å². The normalized spacial score (nSPS) is 11.5. The quantitative estimate of drug-likeness (QED) is 0.554. The van der Waals surface area contributed by atoms with E-state index in [1.807, 2.05) is 0 Å². The molecule has 0 aliphatic heterocycles. The Bertz CT molecular complexity index is 680. The molecule has 110 valence electrons. The minimum absolute atomic E-state index is 0.0532. The molecule has 0 fully saturated rings. The number of carbonyl (C=O) groups is 1. The van der Waals surface area contributed by atoms with Crippen molar-refractivity contribution in [1.82, 2.24) is 0 Å². The first-order valence-electron chi connectivity index (χ1n) is 5.92. The Morgan fingerprint density at radius 1 is 1.10 bits per heavy atom. The van der Waals surface area contributed by atoms with Gasteiger partial charge in [-0.2, -0.15) is 13.2 Å². The van der Waals surface area contributed by atoms with Gasteiger partial charge >= 0.3 is 6.18 Å². The molecule has 2 rings (SSSR count). The summed E-state index contributed by atoms with van der Waals surface area (Å²) in [6.07, 6.45) is -4.88.